The van der Waals surface area contributed by atoms with Gasteiger partial charge in [0.25, 0.3) is 0 Å². The Kier molecular flexibility index (Phi) is 5.88. The summed E-state index contributed by atoms with van der Waals surface area (Å²) in [4.78, 5) is 12.5. The van der Waals surface area contributed by atoms with Gasteiger partial charge in [0.05, 0.1) is 12.7 Å². The predicted octanol–water partition coefficient (Wildman–Crippen LogP) is 3.51. The highest BCUT2D eigenvalue weighted by Crippen LogP contribution is 2.29. The van der Waals surface area contributed by atoms with E-state index in [0.717, 1.165) is 23.3 Å². The SMILES string of the molecule is C[C@H](O)[C@H](C)C/C=C/c1ccc(SC2CCOC2=O)cc1. The average Bonchev–Trinajstić information content (AvgIpc) is 2.86. The Hall–Kier alpha value is -1.26. The van der Waals surface area contributed by atoms with Gasteiger partial charge >= 0.3 is 5.97 Å². The summed E-state index contributed by atoms with van der Waals surface area (Å²) in [7, 11) is 0. The van der Waals surface area contributed by atoms with Crippen molar-refractivity contribution < 1.29 is 14.6 Å². The minimum absolute atomic E-state index is 0.0571. The van der Waals surface area contributed by atoms with Crippen LogP contribution in [0.3, 0.4) is 0 Å². The number of hydrogen-bond donors (Lipinski definition) is 1. The van der Waals surface area contributed by atoms with E-state index in [4.69, 9.17) is 4.74 Å². The maximum Gasteiger partial charge on any atom is 0.319 e. The largest absolute Gasteiger partial charge is 0.465 e. The Labute approximate surface area is 130 Å². The van der Waals surface area contributed by atoms with E-state index < -0.39 is 0 Å². The first-order chi connectivity index (χ1) is 10.1. The molecule has 2 rings (SSSR count). The molecule has 1 aliphatic heterocycles. The smallest absolute Gasteiger partial charge is 0.319 e. The monoisotopic (exact) mass is 306 g/mol. The summed E-state index contributed by atoms with van der Waals surface area (Å²) >= 11 is 1.57. The van der Waals surface area contributed by atoms with Crippen molar-refractivity contribution in [3.05, 3.63) is 35.9 Å². The van der Waals surface area contributed by atoms with Crippen LogP contribution in [0.5, 0.6) is 0 Å². The highest BCUT2D eigenvalue weighted by Gasteiger charge is 2.27. The standard InChI is InChI=1S/C17H22O3S/c1-12(13(2)18)4-3-5-14-6-8-15(9-7-14)21-16-10-11-20-17(16)19/h3,5-9,12-13,16,18H,4,10-11H2,1-2H3/b5-3+/t12-,13+,16?/m1/s1. The van der Waals surface area contributed by atoms with Crippen molar-refractivity contribution in [3.8, 4) is 0 Å². The van der Waals surface area contributed by atoms with Crippen LogP contribution in [0.25, 0.3) is 6.08 Å². The number of thioether (sulfide) groups is 1. The Balaban J connectivity index is 1.87. The van der Waals surface area contributed by atoms with Gasteiger partial charge in [0.2, 0.25) is 0 Å². The molecular formula is C17H22O3S. The molecule has 0 radical (unpaired) electrons. The van der Waals surface area contributed by atoms with Crippen molar-refractivity contribution in [2.24, 2.45) is 5.92 Å². The molecule has 1 aromatic rings. The third-order valence-electron chi connectivity index (χ3n) is 3.69. The summed E-state index contributed by atoms with van der Waals surface area (Å²) in [6.07, 6.45) is 5.54. The van der Waals surface area contributed by atoms with Gasteiger partial charge in [-0.3, -0.25) is 4.79 Å². The number of esters is 1. The van der Waals surface area contributed by atoms with Crippen molar-refractivity contribution in [2.75, 3.05) is 6.61 Å². The number of allylic oxidation sites excluding steroid dienone is 1. The van der Waals surface area contributed by atoms with Gasteiger partial charge in [0.1, 0.15) is 5.25 Å². The van der Waals surface area contributed by atoms with E-state index >= 15 is 0 Å². The quantitative estimate of drug-likeness (QED) is 0.817. The van der Waals surface area contributed by atoms with Gasteiger partial charge in [-0.1, -0.05) is 31.2 Å². The molecule has 3 nitrogen and oxygen atoms in total. The van der Waals surface area contributed by atoms with Gasteiger partial charge in [0, 0.05) is 11.3 Å². The van der Waals surface area contributed by atoms with Crippen LogP contribution in [0, 0.1) is 5.92 Å². The van der Waals surface area contributed by atoms with Crippen LogP contribution in [0.4, 0.5) is 0 Å². The average molecular weight is 306 g/mol. The number of ether oxygens (including phenoxy) is 1. The van der Waals surface area contributed by atoms with Crippen molar-refractivity contribution in [3.63, 3.8) is 0 Å². The maximum absolute atomic E-state index is 11.4. The minimum Gasteiger partial charge on any atom is -0.465 e. The zero-order valence-corrected chi connectivity index (χ0v) is 13.3. The Morgan fingerprint density at radius 3 is 2.67 bits per heavy atom. The minimum atomic E-state index is -0.278. The first-order valence-corrected chi connectivity index (χ1v) is 8.22. The highest BCUT2D eigenvalue weighted by molar-refractivity contribution is 8.00. The zero-order chi connectivity index (χ0) is 15.2. The Bertz CT molecular complexity index is 493. The second-order valence-electron chi connectivity index (χ2n) is 5.49. The van der Waals surface area contributed by atoms with Crippen molar-refractivity contribution >= 4 is 23.8 Å². The highest BCUT2D eigenvalue weighted by atomic mass is 32.2. The second-order valence-corrected chi connectivity index (χ2v) is 6.76. The lowest BCUT2D eigenvalue weighted by atomic mass is 10.0. The van der Waals surface area contributed by atoms with Crippen LogP contribution in [0.2, 0.25) is 0 Å². The number of carbonyl (C=O) groups is 1. The number of cyclic esters (lactones) is 1. The molecule has 0 amide bonds. The van der Waals surface area contributed by atoms with Gasteiger partial charge in [-0.25, -0.2) is 0 Å². The summed E-state index contributed by atoms with van der Waals surface area (Å²) in [5.74, 6) is 0.167. The molecule has 3 atom stereocenters. The first-order valence-electron chi connectivity index (χ1n) is 7.34. The third kappa shape index (κ3) is 4.90. The number of rotatable bonds is 6. The van der Waals surface area contributed by atoms with E-state index in [2.05, 4.69) is 12.2 Å². The molecule has 114 valence electrons. The molecule has 1 unspecified atom stereocenters. The summed E-state index contributed by atoms with van der Waals surface area (Å²) in [6, 6.07) is 8.17. The number of hydrogen-bond acceptors (Lipinski definition) is 4. The summed E-state index contributed by atoms with van der Waals surface area (Å²) < 4.78 is 4.96. The second kappa shape index (κ2) is 7.66. The van der Waals surface area contributed by atoms with Crippen LogP contribution < -0.4 is 0 Å². The van der Waals surface area contributed by atoms with Crippen LogP contribution in [-0.4, -0.2) is 29.0 Å². The molecule has 0 bridgehead atoms. The lowest BCUT2D eigenvalue weighted by Gasteiger charge is -2.11. The van der Waals surface area contributed by atoms with Gasteiger partial charge in [0.15, 0.2) is 0 Å². The van der Waals surface area contributed by atoms with E-state index in [0.29, 0.717) is 6.61 Å². The molecule has 0 saturated carbocycles. The third-order valence-corrected chi connectivity index (χ3v) is 4.94. The lowest BCUT2D eigenvalue weighted by Crippen LogP contribution is -2.11. The topological polar surface area (TPSA) is 46.5 Å². The Morgan fingerprint density at radius 2 is 2.10 bits per heavy atom. The van der Waals surface area contributed by atoms with Crippen molar-refractivity contribution in [2.45, 2.75) is 42.9 Å². The van der Waals surface area contributed by atoms with Crippen LogP contribution in [0.15, 0.2) is 35.2 Å². The van der Waals surface area contributed by atoms with Crippen LogP contribution >= 0.6 is 11.8 Å². The van der Waals surface area contributed by atoms with Crippen LogP contribution in [0.1, 0.15) is 32.3 Å². The number of carbonyl (C=O) groups excluding carboxylic acids is 1. The van der Waals surface area contributed by atoms with Crippen molar-refractivity contribution in [1.29, 1.82) is 0 Å². The fourth-order valence-electron chi connectivity index (χ4n) is 2.02. The summed E-state index contributed by atoms with van der Waals surface area (Å²) in [5.41, 5.74) is 1.13. The van der Waals surface area contributed by atoms with Gasteiger partial charge < -0.3 is 9.84 Å². The van der Waals surface area contributed by atoms with E-state index in [1.807, 2.05) is 38.1 Å². The number of aliphatic hydroxyl groups excluding tert-OH is 1. The number of benzene rings is 1. The fraction of sp³-hybridized carbons (Fsp3) is 0.471. The molecule has 0 spiro atoms. The molecule has 0 aliphatic carbocycles. The van der Waals surface area contributed by atoms with E-state index in [9.17, 15) is 9.90 Å². The normalized spacial score (nSPS) is 21.5. The molecule has 4 heteroatoms. The molecule has 0 aromatic heterocycles. The molecule has 1 aliphatic rings. The van der Waals surface area contributed by atoms with E-state index in [1.54, 1.807) is 11.8 Å². The molecule has 1 fully saturated rings. The van der Waals surface area contributed by atoms with E-state index in [1.165, 1.54) is 0 Å². The van der Waals surface area contributed by atoms with Crippen molar-refractivity contribution in [1.82, 2.24) is 0 Å². The predicted molar refractivity (Wildman–Crippen MR) is 86.2 cm³/mol. The number of aliphatic hydroxyl groups is 1. The molecule has 1 N–H and O–H groups in total. The molecule has 1 saturated heterocycles. The summed E-state index contributed by atoms with van der Waals surface area (Å²) in [5, 5.41) is 9.38. The maximum atomic E-state index is 11.4. The molecular weight excluding hydrogens is 284 g/mol. The molecule has 1 aromatic carbocycles. The van der Waals surface area contributed by atoms with E-state index in [-0.39, 0.29) is 23.2 Å². The van der Waals surface area contributed by atoms with Gasteiger partial charge in [-0.2, -0.15) is 0 Å². The first kappa shape index (κ1) is 16.1. The molecule has 1 heterocycles. The fourth-order valence-corrected chi connectivity index (χ4v) is 3.02. The van der Waals surface area contributed by atoms with Crippen LogP contribution in [-0.2, 0) is 9.53 Å². The zero-order valence-electron chi connectivity index (χ0n) is 12.5. The van der Waals surface area contributed by atoms with Gasteiger partial charge in [-0.15, -0.1) is 11.8 Å². The lowest BCUT2D eigenvalue weighted by molar-refractivity contribution is -0.137. The molecule has 21 heavy (non-hydrogen) atoms. The Morgan fingerprint density at radius 1 is 1.38 bits per heavy atom. The van der Waals surface area contributed by atoms with Gasteiger partial charge in [-0.05, 0) is 37.0 Å². The summed E-state index contributed by atoms with van der Waals surface area (Å²) in [6.45, 7) is 4.40.